The maximum Gasteiger partial charge on any atom is 0.115 e. The Morgan fingerprint density at radius 3 is 1.82 bits per heavy atom. The summed E-state index contributed by atoms with van der Waals surface area (Å²) in [5, 5.41) is 8.94. The number of rotatable bonds is 4. The van der Waals surface area contributed by atoms with Crippen LogP contribution in [0.2, 0.25) is 0 Å². The molecule has 2 atom stereocenters. The molecule has 2 aromatic carbocycles. The first-order valence-corrected chi connectivity index (χ1v) is 11.9. The minimum absolute atomic E-state index is 0. The average Bonchev–Trinajstić information content (AvgIpc) is 2.80. The second kappa shape index (κ2) is 21.1. The first-order valence-electron chi connectivity index (χ1n) is 11.9. The largest absolute Gasteiger partial charge is 0.508 e. The molecule has 0 bridgehead atoms. The third-order valence-electron chi connectivity index (χ3n) is 4.88. The van der Waals surface area contributed by atoms with Gasteiger partial charge < -0.3 is 5.11 Å². The van der Waals surface area contributed by atoms with E-state index in [9.17, 15) is 0 Å². The summed E-state index contributed by atoms with van der Waals surface area (Å²) >= 11 is 0. The Bertz CT molecular complexity index is 773. The van der Waals surface area contributed by atoms with Crippen LogP contribution in [0.25, 0.3) is 12.2 Å². The fourth-order valence-electron chi connectivity index (χ4n) is 3.30. The van der Waals surface area contributed by atoms with Crippen molar-refractivity contribution in [1.82, 2.24) is 0 Å². The molecule has 2 unspecified atom stereocenters. The molecule has 1 heteroatoms. The highest BCUT2D eigenvalue weighted by atomic mass is 16.3. The van der Waals surface area contributed by atoms with Crippen molar-refractivity contribution in [3.05, 3.63) is 103 Å². The molecule has 0 heterocycles. The molecule has 1 aliphatic carbocycles. The van der Waals surface area contributed by atoms with Gasteiger partial charge in [-0.3, -0.25) is 0 Å². The zero-order chi connectivity index (χ0) is 24.2. The molecule has 2 aromatic rings. The summed E-state index contributed by atoms with van der Waals surface area (Å²) in [6, 6.07) is 17.2. The van der Waals surface area contributed by atoms with Crippen molar-refractivity contribution in [2.45, 2.75) is 67.7 Å². The van der Waals surface area contributed by atoms with E-state index in [0.717, 1.165) is 23.0 Å². The fourth-order valence-corrected chi connectivity index (χ4v) is 3.30. The molecule has 0 saturated heterocycles. The van der Waals surface area contributed by atoms with Crippen LogP contribution in [-0.2, 0) is 0 Å². The Hall–Kier alpha value is -2.80. The monoisotopic (exact) mass is 448 g/mol. The van der Waals surface area contributed by atoms with Gasteiger partial charge in [-0.05, 0) is 48.4 Å². The summed E-state index contributed by atoms with van der Waals surface area (Å²) in [7, 11) is 0. The van der Waals surface area contributed by atoms with E-state index in [2.05, 4.69) is 45.2 Å². The van der Waals surface area contributed by atoms with Crippen molar-refractivity contribution in [2.75, 3.05) is 0 Å². The molecule has 3 rings (SSSR count). The maximum absolute atomic E-state index is 8.94. The summed E-state index contributed by atoms with van der Waals surface area (Å²) in [5.74, 6) is 2.32. The highest BCUT2D eigenvalue weighted by Crippen LogP contribution is 2.27. The standard InChI is InChI=1S/C11H12.C10H10O.C8H16.C2H6.CH4/c1-10(2)8-9-11-6-4-3-5-7-11;1-2-3-4-9-5-7-10(11)8-6-9;1-7-4-3-5-8(2)6-7;1-2;/h3-9H,1H2,2H3;2-8,11H,1H2;7-8H,3-6H2,1-2H3;1-2H3;1H4/b9-8+;4-3+;;;. The summed E-state index contributed by atoms with van der Waals surface area (Å²) in [6.45, 7) is 18.1. The van der Waals surface area contributed by atoms with Gasteiger partial charge in [-0.25, -0.2) is 0 Å². The van der Waals surface area contributed by atoms with E-state index in [1.54, 1.807) is 18.2 Å². The predicted molar refractivity (Wildman–Crippen MR) is 153 cm³/mol. The van der Waals surface area contributed by atoms with Crippen LogP contribution >= 0.6 is 0 Å². The zero-order valence-corrected chi connectivity index (χ0v) is 20.9. The van der Waals surface area contributed by atoms with E-state index in [1.807, 2.05) is 69.3 Å². The quantitative estimate of drug-likeness (QED) is 0.461. The maximum atomic E-state index is 8.94. The van der Waals surface area contributed by atoms with Crippen LogP contribution in [0, 0.1) is 11.8 Å². The second-order valence-corrected chi connectivity index (χ2v) is 8.15. The highest BCUT2D eigenvalue weighted by molar-refractivity contribution is 5.52. The number of phenolic OH excluding ortho intramolecular Hbond substituents is 1. The number of benzene rings is 2. The third kappa shape index (κ3) is 18.5. The lowest BCUT2D eigenvalue weighted by molar-refractivity contribution is 0.301. The Balaban J connectivity index is 0. The SMILES string of the molecule is C.C=C(C)/C=C/c1ccccc1.C=C/C=C/c1ccc(O)cc1.CC.CC1CCCC(C)C1. The first-order chi connectivity index (χ1) is 15.4. The van der Waals surface area contributed by atoms with Gasteiger partial charge in [0, 0.05) is 0 Å². The van der Waals surface area contributed by atoms with Gasteiger partial charge in [-0.2, -0.15) is 0 Å². The molecule has 33 heavy (non-hydrogen) atoms. The van der Waals surface area contributed by atoms with Crippen molar-refractivity contribution in [1.29, 1.82) is 0 Å². The van der Waals surface area contributed by atoms with Crippen LogP contribution in [0.15, 0.2) is 91.6 Å². The normalized spacial score (nSPS) is 16.6. The summed E-state index contributed by atoms with van der Waals surface area (Å²) in [4.78, 5) is 0. The summed E-state index contributed by atoms with van der Waals surface area (Å²) in [5.41, 5.74) is 3.35. The van der Waals surface area contributed by atoms with Crippen LogP contribution < -0.4 is 0 Å². The highest BCUT2D eigenvalue weighted by Gasteiger charge is 2.13. The van der Waals surface area contributed by atoms with Gasteiger partial charge in [0.2, 0.25) is 0 Å². The Morgan fingerprint density at radius 1 is 0.879 bits per heavy atom. The zero-order valence-electron chi connectivity index (χ0n) is 20.9. The summed E-state index contributed by atoms with van der Waals surface area (Å²) < 4.78 is 0. The first kappa shape index (κ1) is 32.4. The van der Waals surface area contributed by atoms with Gasteiger partial charge in [0.05, 0.1) is 0 Å². The lowest BCUT2D eigenvalue weighted by Gasteiger charge is -2.22. The van der Waals surface area contributed by atoms with E-state index in [0.29, 0.717) is 5.75 Å². The molecule has 0 amide bonds. The lowest BCUT2D eigenvalue weighted by atomic mass is 9.84. The Kier molecular flexibility index (Phi) is 20.7. The number of hydrogen-bond donors (Lipinski definition) is 1. The van der Waals surface area contributed by atoms with Crippen LogP contribution in [0.1, 0.15) is 78.9 Å². The topological polar surface area (TPSA) is 20.2 Å². The fraction of sp³-hybridized carbons (Fsp3) is 0.375. The smallest absolute Gasteiger partial charge is 0.115 e. The van der Waals surface area contributed by atoms with E-state index in [1.165, 1.54) is 31.2 Å². The van der Waals surface area contributed by atoms with E-state index < -0.39 is 0 Å². The molecule has 0 spiro atoms. The summed E-state index contributed by atoms with van der Waals surface area (Å²) in [6.07, 6.45) is 15.5. The molecule has 1 nitrogen and oxygen atoms in total. The third-order valence-corrected chi connectivity index (χ3v) is 4.88. The van der Waals surface area contributed by atoms with Gasteiger partial charge in [-0.1, -0.05) is 146 Å². The molecule has 0 radical (unpaired) electrons. The minimum Gasteiger partial charge on any atom is -0.508 e. The van der Waals surface area contributed by atoms with Gasteiger partial charge in [-0.15, -0.1) is 0 Å². The van der Waals surface area contributed by atoms with Crippen molar-refractivity contribution in [3.8, 4) is 5.75 Å². The van der Waals surface area contributed by atoms with Gasteiger partial charge in [0.25, 0.3) is 0 Å². The Morgan fingerprint density at radius 2 is 1.39 bits per heavy atom. The molecular weight excluding hydrogens is 400 g/mol. The molecule has 0 aromatic heterocycles. The van der Waals surface area contributed by atoms with Gasteiger partial charge in [0.15, 0.2) is 0 Å². The minimum atomic E-state index is 0. The van der Waals surface area contributed by atoms with Gasteiger partial charge >= 0.3 is 0 Å². The van der Waals surface area contributed by atoms with Crippen molar-refractivity contribution >= 4 is 12.2 Å². The molecule has 182 valence electrons. The van der Waals surface area contributed by atoms with Crippen LogP contribution in [-0.4, -0.2) is 5.11 Å². The molecule has 1 aliphatic rings. The number of phenols is 1. The predicted octanol–water partition coefficient (Wildman–Crippen LogP) is 10.4. The van der Waals surface area contributed by atoms with Crippen LogP contribution in [0.3, 0.4) is 0 Å². The average molecular weight is 449 g/mol. The number of aromatic hydroxyl groups is 1. The molecule has 0 aliphatic heterocycles. The van der Waals surface area contributed by atoms with E-state index in [4.69, 9.17) is 5.11 Å². The van der Waals surface area contributed by atoms with E-state index >= 15 is 0 Å². The van der Waals surface area contributed by atoms with Crippen LogP contribution in [0.4, 0.5) is 0 Å². The lowest BCUT2D eigenvalue weighted by Crippen LogP contribution is -2.09. The number of allylic oxidation sites excluding steroid dienone is 4. The second-order valence-electron chi connectivity index (χ2n) is 8.15. The molecule has 1 fully saturated rings. The van der Waals surface area contributed by atoms with E-state index in [-0.39, 0.29) is 7.43 Å². The van der Waals surface area contributed by atoms with Gasteiger partial charge in [0.1, 0.15) is 5.75 Å². The Labute approximate surface area is 205 Å². The van der Waals surface area contributed by atoms with Crippen molar-refractivity contribution in [2.24, 2.45) is 11.8 Å². The molecule has 1 N–H and O–H groups in total. The molecular formula is C32H48O. The van der Waals surface area contributed by atoms with Crippen molar-refractivity contribution in [3.63, 3.8) is 0 Å². The number of hydrogen-bond acceptors (Lipinski definition) is 1. The van der Waals surface area contributed by atoms with Crippen LogP contribution in [0.5, 0.6) is 5.75 Å². The van der Waals surface area contributed by atoms with Crippen molar-refractivity contribution < 1.29 is 5.11 Å². The molecule has 1 saturated carbocycles.